The van der Waals surface area contributed by atoms with Crippen LogP contribution in [0.5, 0.6) is 17.2 Å². The second-order valence-corrected chi connectivity index (χ2v) is 6.67. The zero-order valence-corrected chi connectivity index (χ0v) is 15.0. The molecule has 0 spiro atoms. The van der Waals surface area contributed by atoms with E-state index in [1.165, 1.54) is 38.4 Å². The van der Waals surface area contributed by atoms with Crippen molar-refractivity contribution in [2.75, 3.05) is 26.2 Å². The first-order valence-electron chi connectivity index (χ1n) is 8.79. The van der Waals surface area contributed by atoms with E-state index in [1.807, 2.05) is 0 Å². The molecule has 1 aliphatic rings. The van der Waals surface area contributed by atoms with E-state index in [4.69, 9.17) is 21.1 Å². The molecule has 0 aromatic heterocycles. The molecule has 0 amide bonds. The first-order valence-corrected chi connectivity index (χ1v) is 9.17. The van der Waals surface area contributed by atoms with Gasteiger partial charge in [0.2, 0.25) is 5.75 Å². The number of nitrogens with zero attached hydrogens (tertiary/aromatic N) is 1. The Hall–Kier alpha value is -1.78. The van der Waals surface area contributed by atoms with Gasteiger partial charge in [-0.3, -0.25) is 0 Å². The van der Waals surface area contributed by atoms with Crippen LogP contribution in [0, 0.1) is 5.82 Å². The third kappa shape index (κ3) is 5.35. The van der Waals surface area contributed by atoms with Crippen LogP contribution in [0.1, 0.15) is 25.7 Å². The highest BCUT2D eigenvalue weighted by Gasteiger charge is 2.13. The van der Waals surface area contributed by atoms with Gasteiger partial charge in [0.15, 0.2) is 11.6 Å². The number of piperidine rings is 1. The summed E-state index contributed by atoms with van der Waals surface area (Å²) < 4.78 is 25.7. The van der Waals surface area contributed by atoms with Gasteiger partial charge in [-0.25, -0.2) is 4.39 Å². The topological polar surface area (TPSA) is 21.7 Å². The second-order valence-electron chi connectivity index (χ2n) is 6.23. The van der Waals surface area contributed by atoms with Crippen LogP contribution in [0.2, 0.25) is 5.02 Å². The Morgan fingerprint density at radius 1 is 1.04 bits per heavy atom. The average Bonchev–Trinajstić information content (AvgIpc) is 2.62. The fraction of sp³-hybridized carbons (Fsp3) is 0.400. The fourth-order valence-corrected chi connectivity index (χ4v) is 3.18. The number of hydrogen-bond donors (Lipinski definition) is 0. The van der Waals surface area contributed by atoms with Gasteiger partial charge in [0.05, 0.1) is 6.61 Å². The third-order valence-electron chi connectivity index (χ3n) is 4.27. The van der Waals surface area contributed by atoms with Gasteiger partial charge in [-0.05, 0) is 62.7 Å². The van der Waals surface area contributed by atoms with Crippen molar-refractivity contribution in [3.63, 3.8) is 0 Å². The molecule has 0 N–H and O–H groups in total. The summed E-state index contributed by atoms with van der Waals surface area (Å²) in [5, 5.41) is 0.540. The van der Waals surface area contributed by atoms with E-state index in [1.54, 1.807) is 36.4 Å². The van der Waals surface area contributed by atoms with Crippen molar-refractivity contribution in [2.45, 2.75) is 25.7 Å². The van der Waals surface area contributed by atoms with Gasteiger partial charge < -0.3 is 14.4 Å². The average molecular weight is 364 g/mol. The maximum Gasteiger partial charge on any atom is 0.204 e. The van der Waals surface area contributed by atoms with Crippen molar-refractivity contribution >= 4 is 11.6 Å². The highest BCUT2D eigenvalue weighted by atomic mass is 35.5. The molecule has 0 saturated carbocycles. The standard InChI is InChI=1S/C20H23ClFNO2/c21-16-7-4-8-17(15-16)25-20-18(22)9-5-10-19(20)24-14-6-13-23-11-2-1-3-12-23/h4-5,7-10,15H,1-3,6,11-14H2. The first-order chi connectivity index (χ1) is 12.2. The van der Waals surface area contributed by atoms with Gasteiger partial charge >= 0.3 is 0 Å². The SMILES string of the molecule is Fc1cccc(OCCCN2CCCCC2)c1Oc1cccc(Cl)c1. The van der Waals surface area contributed by atoms with Crippen molar-refractivity contribution in [2.24, 2.45) is 0 Å². The zero-order chi connectivity index (χ0) is 17.5. The molecule has 0 aliphatic carbocycles. The lowest BCUT2D eigenvalue weighted by molar-refractivity contribution is 0.203. The molecule has 1 fully saturated rings. The van der Waals surface area contributed by atoms with Crippen molar-refractivity contribution in [1.29, 1.82) is 0 Å². The van der Waals surface area contributed by atoms with Gasteiger partial charge in [-0.1, -0.05) is 30.2 Å². The maximum absolute atomic E-state index is 14.2. The Balaban J connectivity index is 1.58. The number of ether oxygens (including phenoxy) is 2. The van der Waals surface area contributed by atoms with E-state index in [0.29, 0.717) is 23.1 Å². The van der Waals surface area contributed by atoms with Crippen LogP contribution >= 0.6 is 11.6 Å². The van der Waals surface area contributed by atoms with Gasteiger partial charge in [0, 0.05) is 11.6 Å². The number of para-hydroxylation sites is 1. The first kappa shape index (κ1) is 18.0. The van der Waals surface area contributed by atoms with E-state index in [9.17, 15) is 4.39 Å². The zero-order valence-electron chi connectivity index (χ0n) is 14.2. The summed E-state index contributed by atoms with van der Waals surface area (Å²) in [6.07, 6.45) is 4.80. The van der Waals surface area contributed by atoms with Crippen LogP contribution in [0.4, 0.5) is 4.39 Å². The highest BCUT2D eigenvalue weighted by Crippen LogP contribution is 2.35. The fourth-order valence-electron chi connectivity index (χ4n) is 3.00. The van der Waals surface area contributed by atoms with E-state index >= 15 is 0 Å². The van der Waals surface area contributed by atoms with E-state index in [-0.39, 0.29) is 5.75 Å². The van der Waals surface area contributed by atoms with Crippen LogP contribution < -0.4 is 9.47 Å². The van der Waals surface area contributed by atoms with Crippen molar-refractivity contribution in [3.05, 3.63) is 53.3 Å². The molecule has 2 aromatic rings. The number of likely N-dealkylation sites (tertiary alicyclic amines) is 1. The molecule has 0 bridgehead atoms. The van der Waals surface area contributed by atoms with Gasteiger partial charge in [0.25, 0.3) is 0 Å². The number of halogens is 2. The monoisotopic (exact) mass is 363 g/mol. The minimum Gasteiger partial charge on any atom is -0.490 e. The molecular weight excluding hydrogens is 341 g/mol. The van der Waals surface area contributed by atoms with Crippen LogP contribution in [0.15, 0.2) is 42.5 Å². The van der Waals surface area contributed by atoms with Gasteiger partial charge in [-0.15, -0.1) is 0 Å². The van der Waals surface area contributed by atoms with Crippen LogP contribution in [0.25, 0.3) is 0 Å². The summed E-state index contributed by atoms with van der Waals surface area (Å²) >= 11 is 5.96. The largest absolute Gasteiger partial charge is 0.490 e. The minimum absolute atomic E-state index is 0.0998. The predicted octanol–water partition coefficient (Wildman–Crippen LogP) is 5.53. The van der Waals surface area contributed by atoms with Crippen molar-refractivity contribution in [3.8, 4) is 17.2 Å². The summed E-state index contributed by atoms with van der Waals surface area (Å²) in [5.74, 6) is 0.547. The molecule has 0 radical (unpaired) electrons. The van der Waals surface area contributed by atoms with E-state index in [0.717, 1.165) is 13.0 Å². The summed E-state index contributed by atoms with van der Waals surface area (Å²) in [5.41, 5.74) is 0. The number of rotatable bonds is 7. The summed E-state index contributed by atoms with van der Waals surface area (Å²) in [4.78, 5) is 2.46. The summed E-state index contributed by atoms with van der Waals surface area (Å²) in [7, 11) is 0. The maximum atomic E-state index is 14.2. The van der Waals surface area contributed by atoms with Crippen molar-refractivity contribution in [1.82, 2.24) is 4.90 Å². The third-order valence-corrected chi connectivity index (χ3v) is 4.51. The Morgan fingerprint density at radius 3 is 2.64 bits per heavy atom. The molecule has 3 rings (SSSR count). The molecule has 134 valence electrons. The lowest BCUT2D eigenvalue weighted by atomic mass is 10.1. The molecular formula is C20H23ClFNO2. The van der Waals surface area contributed by atoms with Crippen LogP contribution in [0.3, 0.4) is 0 Å². The quantitative estimate of drug-likeness (QED) is 0.604. The molecule has 5 heteroatoms. The molecule has 1 aliphatic heterocycles. The van der Waals surface area contributed by atoms with Crippen LogP contribution in [-0.2, 0) is 0 Å². The normalized spacial score (nSPS) is 15.1. The molecule has 0 atom stereocenters. The summed E-state index contributed by atoms with van der Waals surface area (Å²) in [6, 6.07) is 11.6. The summed E-state index contributed by atoms with van der Waals surface area (Å²) in [6.45, 7) is 3.89. The molecule has 25 heavy (non-hydrogen) atoms. The molecule has 2 aromatic carbocycles. The predicted molar refractivity (Wildman–Crippen MR) is 98.3 cm³/mol. The van der Waals surface area contributed by atoms with E-state index < -0.39 is 5.82 Å². The molecule has 3 nitrogen and oxygen atoms in total. The minimum atomic E-state index is -0.450. The highest BCUT2D eigenvalue weighted by molar-refractivity contribution is 6.30. The Labute approximate surface area is 153 Å². The van der Waals surface area contributed by atoms with Gasteiger partial charge in [0.1, 0.15) is 5.75 Å². The molecule has 1 saturated heterocycles. The second kappa shape index (κ2) is 9.07. The number of hydrogen-bond acceptors (Lipinski definition) is 3. The molecule has 1 heterocycles. The Morgan fingerprint density at radius 2 is 1.84 bits per heavy atom. The van der Waals surface area contributed by atoms with Gasteiger partial charge in [-0.2, -0.15) is 0 Å². The lowest BCUT2D eigenvalue weighted by Crippen LogP contribution is -2.31. The van der Waals surface area contributed by atoms with Crippen LogP contribution in [-0.4, -0.2) is 31.1 Å². The molecule has 0 unspecified atom stereocenters. The Kier molecular flexibility index (Phi) is 6.54. The van der Waals surface area contributed by atoms with E-state index in [2.05, 4.69) is 4.90 Å². The number of benzene rings is 2. The lowest BCUT2D eigenvalue weighted by Gasteiger charge is -2.26. The van der Waals surface area contributed by atoms with Crippen molar-refractivity contribution < 1.29 is 13.9 Å². The Bertz CT molecular complexity index is 689. The smallest absolute Gasteiger partial charge is 0.204 e.